The Morgan fingerprint density at radius 2 is 1.90 bits per heavy atom. The Labute approximate surface area is 121 Å². The molecule has 0 saturated carbocycles. The van der Waals surface area contributed by atoms with E-state index in [-0.39, 0.29) is 18.0 Å². The number of hydrogen-bond acceptors (Lipinski definition) is 3. The van der Waals surface area contributed by atoms with E-state index in [0.29, 0.717) is 19.6 Å². The first kappa shape index (κ1) is 18.7. The SMILES string of the molecule is COCCCN(C)C(=O)NC(C)CCCC(C)C(=O)O. The van der Waals surface area contributed by atoms with Crippen molar-refractivity contribution in [1.82, 2.24) is 10.2 Å². The molecule has 0 aliphatic rings. The summed E-state index contributed by atoms with van der Waals surface area (Å²) in [6, 6.07) is -0.0479. The van der Waals surface area contributed by atoms with Gasteiger partial charge in [0.25, 0.3) is 0 Å². The van der Waals surface area contributed by atoms with Crippen LogP contribution >= 0.6 is 0 Å². The maximum atomic E-state index is 11.8. The van der Waals surface area contributed by atoms with Crippen molar-refractivity contribution in [2.75, 3.05) is 27.3 Å². The van der Waals surface area contributed by atoms with Gasteiger partial charge in [-0.1, -0.05) is 13.3 Å². The van der Waals surface area contributed by atoms with Crippen LogP contribution in [0.5, 0.6) is 0 Å². The molecular weight excluding hydrogens is 260 g/mol. The molecule has 20 heavy (non-hydrogen) atoms. The topological polar surface area (TPSA) is 78.9 Å². The lowest BCUT2D eigenvalue weighted by atomic mass is 10.0. The van der Waals surface area contributed by atoms with Gasteiger partial charge in [-0.15, -0.1) is 0 Å². The van der Waals surface area contributed by atoms with Gasteiger partial charge in [0.2, 0.25) is 0 Å². The van der Waals surface area contributed by atoms with Gasteiger partial charge in [-0.25, -0.2) is 4.79 Å². The average Bonchev–Trinajstić information content (AvgIpc) is 2.38. The molecule has 0 aliphatic heterocycles. The summed E-state index contributed by atoms with van der Waals surface area (Å²) in [6.07, 6.45) is 3.03. The predicted molar refractivity (Wildman–Crippen MR) is 77.8 cm³/mol. The Morgan fingerprint density at radius 1 is 1.25 bits per heavy atom. The highest BCUT2D eigenvalue weighted by Gasteiger charge is 2.14. The van der Waals surface area contributed by atoms with E-state index in [1.807, 2.05) is 6.92 Å². The van der Waals surface area contributed by atoms with E-state index in [9.17, 15) is 9.59 Å². The molecule has 0 rings (SSSR count). The van der Waals surface area contributed by atoms with E-state index < -0.39 is 5.97 Å². The fourth-order valence-corrected chi connectivity index (χ4v) is 1.79. The van der Waals surface area contributed by atoms with Crippen LogP contribution in [0.1, 0.15) is 39.5 Å². The van der Waals surface area contributed by atoms with Gasteiger partial charge < -0.3 is 20.1 Å². The Kier molecular flexibility index (Phi) is 9.80. The van der Waals surface area contributed by atoms with Gasteiger partial charge in [0.1, 0.15) is 0 Å². The van der Waals surface area contributed by atoms with Crippen LogP contribution in [-0.4, -0.2) is 55.4 Å². The van der Waals surface area contributed by atoms with E-state index in [4.69, 9.17) is 9.84 Å². The van der Waals surface area contributed by atoms with Gasteiger partial charge in [-0.3, -0.25) is 4.79 Å². The first-order valence-electron chi connectivity index (χ1n) is 7.11. The van der Waals surface area contributed by atoms with Crippen LogP contribution in [0.4, 0.5) is 4.79 Å². The first-order chi connectivity index (χ1) is 9.38. The second kappa shape index (κ2) is 10.5. The second-order valence-electron chi connectivity index (χ2n) is 5.29. The number of carboxylic acid groups (broad SMARTS) is 1. The molecule has 6 heteroatoms. The Balaban J connectivity index is 3.81. The highest BCUT2D eigenvalue weighted by atomic mass is 16.5. The molecule has 0 aromatic heterocycles. The van der Waals surface area contributed by atoms with Crippen LogP contribution in [0.25, 0.3) is 0 Å². The minimum absolute atomic E-state index is 0.0494. The number of nitrogens with one attached hydrogen (secondary N) is 1. The maximum absolute atomic E-state index is 11.8. The number of aliphatic carboxylic acids is 1. The third-order valence-electron chi connectivity index (χ3n) is 3.25. The van der Waals surface area contributed by atoms with Crippen LogP contribution in [0.2, 0.25) is 0 Å². The Bertz CT molecular complexity index is 297. The standard InChI is InChI=1S/C14H28N2O4/c1-11(13(17)18)7-5-8-12(2)15-14(19)16(3)9-6-10-20-4/h11-12H,5-10H2,1-4H3,(H,15,19)(H,17,18). The fourth-order valence-electron chi connectivity index (χ4n) is 1.79. The number of carboxylic acids is 1. The molecule has 0 fully saturated rings. The normalized spacial score (nSPS) is 13.6. The van der Waals surface area contributed by atoms with Crippen molar-refractivity contribution in [3.63, 3.8) is 0 Å². The molecule has 2 atom stereocenters. The Hall–Kier alpha value is -1.30. The molecule has 0 spiro atoms. The van der Waals surface area contributed by atoms with Crippen LogP contribution in [-0.2, 0) is 9.53 Å². The van der Waals surface area contributed by atoms with Gasteiger partial charge in [0, 0.05) is 33.4 Å². The summed E-state index contributed by atoms with van der Waals surface area (Å²) < 4.78 is 4.94. The fraction of sp³-hybridized carbons (Fsp3) is 0.857. The molecule has 0 saturated heterocycles. The molecule has 118 valence electrons. The number of methoxy groups -OCH3 is 1. The molecule has 0 heterocycles. The summed E-state index contributed by atoms with van der Waals surface area (Å²) in [5.74, 6) is -1.09. The summed E-state index contributed by atoms with van der Waals surface area (Å²) in [5.41, 5.74) is 0. The zero-order valence-electron chi connectivity index (χ0n) is 13.0. The van der Waals surface area contributed by atoms with Crippen LogP contribution in [0, 0.1) is 5.92 Å². The van der Waals surface area contributed by atoms with Gasteiger partial charge in [-0.05, 0) is 26.2 Å². The average molecular weight is 288 g/mol. The summed E-state index contributed by atoms with van der Waals surface area (Å²) in [4.78, 5) is 24.1. The quantitative estimate of drug-likeness (QED) is 0.602. The van der Waals surface area contributed by atoms with E-state index in [0.717, 1.165) is 19.3 Å². The summed E-state index contributed by atoms with van der Waals surface area (Å²) in [7, 11) is 3.39. The number of urea groups is 1. The van der Waals surface area contributed by atoms with Crippen LogP contribution < -0.4 is 5.32 Å². The van der Waals surface area contributed by atoms with Crippen molar-refractivity contribution in [1.29, 1.82) is 0 Å². The van der Waals surface area contributed by atoms with Crippen LogP contribution in [0.3, 0.4) is 0 Å². The summed E-state index contributed by atoms with van der Waals surface area (Å²) in [6.45, 7) is 4.93. The molecule has 2 unspecified atom stereocenters. The number of hydrogen-bond donors (Lipinski definition) is 2. The third kappa shape index (κ3) is 8.74. The van der Waals surface area contributed by atoms with Crippen LogP contribution in [0.15, 0.2) is 0 Å². The highest BCUT2D eigenvalue weighted by molar-refractivity contribution is 5.74. The molecule has 2 N–H and O–H groups in total. The Morgan fingerprint density at radius 3 is 2.45 bits per heavy atom. The smallest absolute Gasteiger partial charge is 0.317 e. The first-order valence-corrected chi connectivity index (χ1v) is 7.11. The molecule has 6 nitrogen and oxygen atoms in total. The number of ether oxygens (including phenoxy) is 1. The molecule has 0 aliphatic carbocycles. The minimum Gasteiger partial charge on any atom is -0.481 e. The zero-order valence-corrected chi connectivity index (χ0v) is 13.0. The van der Waals surface area contributed by atoms with E-state index in [1.54, 1.807) is 26.0 Å². The van der Waals surface area contributed by atoms with E-state index in [2.05, 4.69) is 5.32 Å². The molecular formula is C14H28N2O4. The number of amides is 2. The zero-order chi connectivity index (χ0) is 15.5. The number of rotatable bonds is 10. The van der Waals surface area contributed by atoms with Crippen molar-refractivity contribution in [2.45, 2.75) is 45.6 Å². The van der Waals surface area contributed by atoms with Crippen molar-refractivity contribution >= 4 is 12.0 Å². The molecule has 0 bridgehead atoms. The summed E-state index contributed by atoms with van der Waals surface area (Å²) in [5, 5.41) is 11.7. The minimum atomic E-state index is -0.764. The van der Waals surface area contributed by atoms with Gasteiger partial charge in [0.05, 0.1) is 5.92 Å². The highest BCUT2D eigenvalue weighted by Crippen LogP contribution is 2.09. The largest absolute Gasteiger partial charge is 0.481 e. The van der Waals surface area contributed by atoms with E-state index >= 15 is 0 Å². The second-order valence-corrected chi connectivity index (χ2v) is 5.29. The van der Waals surface area contributed by atoms with Crippen molar-refractivity contribution in [3.8, 4) is 0 Å². The van der Waals surface area contributed by atoms with Gasteiger partial charge in [-0.2, -0.15) is 0 Å². The molecule has 2 amide bonds. The van der Waals surface area contributed by atoms with Crippen molar-refractivity contribution in [2.24, 2.45) is 5.92 Å². The van der Waals surface area contributed by atoms with Gasteiger partial charge in [0.15, 0.2) is 0 Å². The summed E-state index contributed by atoms with van der Waals surface area (Å²) >= 11 is 0. The number of carbonyl (C=O) groups is 2. The molecule has 0 aromatic rings. The van der Waals surface area contributed by atoms with Crippen molar-refractivity contribution in [3.05, 3.63) is 0 Å². The molecule has 0 radical (unpaired) electrons. The lowest BCUT2D eigenvalue weighted by Gasteiger charge is -2.21. The van der Waals surface area contributed by atoms with E-state index in [1.165, 1.54) is 0 Å². The maximum Gasteiger partial charge on any atom is 0.317 e. The van der Waals surface area contributed by atoms with Crippen molar-refractivity contribution < 1.29 is 19.4 Å². The van der Waals surface area contributed by atoms with Gasteiger partial charge >= 0.3 is 12.0 Å². The lowest BCUT2D eigenvalue weighted by Crippen LogP contribution is -2.42. The lowest BCUT2D eigenvalue weighted by molar-refractivity contribution is -0.141. The number of nitrogens with zero attached hydrogens (tertiary/aromatic N) is 1. The number of carbonyl (C=O) groups excluding carboxylic acids is 1. The monoisotopic (exact) mass is 288 g/mol. The third-order valence-corrected chi connectivity index (χ3v) is 3.25. The predicted octanol–water partition coefficient (Wildman–Crippen LogP) is 1.94. The molecule has 0 aromatic carbocycles.